The Balaban J connectivity index is 1.97. The lowest BCUT2D eigenvalue weighted by Gasteiger charge is -2.28. The maximum Gasteiger partial charge on any atom is 0.339 e. The van der Waals surface area contributed by atoms with Gasteiger partial charge in [-0.25, -0.2) is 4.79 Å². The second-order valence-electron chi connectivity index (χ2n) is 5.32. The zero-order valence-electron chi connectivity index (χ0n) is 11.7. The van der Waals surface area contributed by atoms with E-state index in [1.807, 2.05) is 25.2 Å². The van der Waals surface area contributed by atoms with Crippen molar-refractivity contribution in [2.75, 3.05) is 18.5 Å². The number of rotatable bonds is 3. The maximum atomic E-state index is 11.1. The van der Waals surface area contributed by atoms with Crippen LogP contribution in [0.1, 0.15) is 39.8 Å². The van der Waals surface area contributed by atoms with E-state index in [1.165, 1.54) is 17.9 Å². The Kier molecular flexibility index (Phi) is 3.43. The van der Waals surface area contributed by atoms with Gasteiger partial charge >= 0.3 is 5.97 Å². The summed E-state index contributed by atoms with van der Waals surface area (Å²) >= 11 is 0. The van der Waals surface area contributed by atoms with Crippen LogP contribution in [0, 0.1) is 0 Å². The van der Waals surface area contributed by atoms with Crippen molar-refractivity contribution in [1.29, 1.82) is 0 Å². The Hall–Kier alpha value is -2.27. The molecule has 1 aliphatic rings. The number of anilines is 1. The number of aliphatic hydroxyl groups is 1. The average Bonchev–Trinajstić information content (AvgIpc) is 2.96. The highest BCUT2D eigenvalue weighted by Gasteiger charge is 2.23. The van der Waals surface area contributed by atoms with Crippen LogP contribution >= 0.6 is 0 Å². The quantitative estimate of drug-likeness (QED) is 0.907. The van der Waals surface area contributed by atoms with Crippen LogP contribution < -0.4 is 4.90 Å². The van der Waals surface area contributed by atoms with E-state index < -0.39 is 12.1 Å². The fourth-order valence-electron chi connectivity index (χ4n) is 2.84. The number of hydrogen-bond acceptors (Lipinski definition) is 4. The molecule has 0 radical (unpaired) electrons. The van der Waals surface area contributed by atoms with Gasteiger partial charge in [-0.3, -0.25) is 0 Å². The van der Waals surface area contributed by atoms with Crippen LogP contribution in [0.3, 0.4) is 0 Å². The van der Waals surface area contributed by atoms with Crippen molar-refractivity contribution < 1.29 is 19.4 Å². The van der Waals surface area contributed by atoms with E-state index in [9.17, 15) is 9.90 Å². The number of carboxylic acids is 1. The number of aliphatic hydroxyl groups excluding tert-OH is 1. The average molecular weight is 287 g/mol. The summed E-state index contributed by atoms with van der Waals surface area (Å²) in [6, 6.07) is 7.08. The van der Waals surface area contributed by atoms with Gasteiger partial charge in [0.25, 0.3) is 0 Å². The number of aryl methyl sites for hydroxylation is 1. The molecule has 1 aromatic carbocycles. The van der Waals surface area contributed by atoms with Gasteiger partial charge in [0.1, 0.15) is 11.7 Å². The lowest BCUT2D eigenvalue weighted by molar-refractivity contribution is 0.0687. The molecule has 5 heteroatoms. The fraction of sp³-hybridized carbons (Fsp3) is 0.312. The molecule has 3 rings (SSSR count). The fourth-order valence-corrected chi connectivity index (χ4v) is 2.84. The predicted octanol–water partition coefficient (Wildman–Crippen LogP) is 2.44. The zero-order valence-corrected chi connectivity index (χ0v) is 11.7. The van der Waals surface area contributed by atoms with Gasteiger partial charge in [-0.15, -0.1) is 0 Å². The van der Waals surface area contributed by atoms with E-state index in [-0.39, 0.29) is 11.3 Å². The van der Waals surface area contributed by atoms with Gasteiger partial charge in [-0.2, -0.15) is 0 Å². The molecule has 2 heterocycles. The third kappa shape index (κ3) is 2.40. The normalized spacial score (nSPS) is 15.6. The maximum absolute atomic E-state index is 11.1. The number of carboxylic acid groups (broad SMARTS) is 1. The standard InChI is InChI=1S/C16H17NO4/c1-17-7-2-3-10-9-11(4-5-13(10)17)14(18)15-12(16(19)20)6-8-21-15/h4-6,8-9,14,18H,2-3,7H2,1H3,(H,19,20). The van der Waals surface area contributed by atoms with Crippen molar-refractivity contribution in [3.05, 3.63) is 53.0 Å². The molecular weight excluding hydrogens is 270 g/mol. The van der Waals surface area contributed by atoms with Gasteiger partial charge in [0.05, 0.1) is 6.26 Å². The van der Waals surface area contributed by atoms with Crippen molar-refractivity contribution in [2.24, 2.45) is 0 Å². The smallest absolute Gasteiger partial charge is 0.339 e. The molecule has 1 aliphatic heterocycles. The molecule has 1 aromatic heterocycles. The van der Waals surface area contributed by atoms with E-state index in [4.69, 9.17) is 9.52 Å². The largest absolute Gasteiger partial charge is 0.478 e. The molecule has 2 N–H and O–H groups in total. The predicted molar refractivity (Wildman–Crippen MR) is 77.8 cm³/mol. The Morgan fingerprint density at radius 2 is 2.19 bits per heavy atom. The molecular formula is C16H17NO4. The molecule has 0 bridgehead atoms. The summed E-state index contributed by atoms with van der Waals surface area (Å²) < 4.78 is 5.17. The molecule has 0 saturated carbocycles. The summed E-state index contributed by atoms with van der Waals surface area (Å²) in [5, 5.41) is 19.5. The molecule has 0 saturated heterocycles. The lowest BCUT2D eigenvalue weighted by atomic mass is 9.96. The van der Waals surface area contributed by atoms with Crippen LogP contribution in [0.5, 0.6) is 0 Å². The molecule has 0 amide bonds. The van der Waals surface area contributed by atoms with Crippen LogP contribution in [0.2, 0.25) is 0 Å². The number of aromatic carboxylic acids is 1. The zero-order chi connectivity index (χ0) is 15.0. The van der Waals surface area contributed by atoms with Crippen LogP contribution in [0.25, 0.3) is 0 Å². The van der Waals surface area contributed by atoms with E-state index in [0.29, 0.717) is 5.56 Å². The number of carbonyl (C=O) groups is 1. The van der Waals surface area contributed by atoms with Gasteiger partial charge in [0.15, 0.2) is 5.76 Å². The topological polar surface area (TPSA) is 73.9 Å². The number of fused-ring (bicyclic) bond motifs is 1. The monoisotopic (exact) mass is 287 g/mol. The van der Waals surface area contributed by atoms with E-state index in [2.05, 4.69) is 4.90 Å². The second-order valence-corrected chi connectivity index (χ2v) is 5.32. The number of furan rings is 1. The molecule has 1 unspecified atom stereocenters. The molecule has 5 nitrogen and oxygen atoms in total. The Morgan fingerprint density at radius 1 is 1.38 bits per heavy atom. The van der Waals surface area contributed by atoms with Crippen molar-refractivity contribution in [3.8, 4) is 0 Å². The number of hydrogen-bond donors (Lipinski definition) is 2. The molecule has 0 spiro atoms. The van der Waals surface area contributed by atoms with Crippen LogP contribution in [0.4, 0.5) is 5.69 Å². The van der Waals surface area contributed by atoms with Gasteiger partial charge < -0.3 is 19.5 Å². The van der Waals surface area contributed by atoms with Crippen molar-refractivity contribution in [3.63, 3.8) is 0 Å². The van der Waals surface area contributed by atoms with E-state index in [1.54, 1.807) is 0 Å². The highest BCUT2D eigenvalue weighted by Crippen LogP contribution is 2.32. The summed E-state index contributed by atoms with van der Waals surface area (Å²) in [5.74, 6) is -1.03. The molecule has 0 fully saturated rings. The molecule has 110 valence electrons. The Labute approximate surface area is 122 Å². The third-order valence-electron chi connectivity index (χ3n) is 3.94. The summed E-state index contributed by atoms with van der Waals surface area (Å²) in [7, 11) is 2.04. The van der Waals surface area contributed by atoms with Crippen LogP contribution in [0.15, 0.2) is 34.9 Å². The molecule has 2 aromatic rings. The number of benzene rings is 1. The molecule has 1 atom stereocenters. The minimum atomic E-state index is -1.10. The van der Waals surface area contributed by atoms with Crippen molar-refractivity contribution in [2.45, 2.75) is 18.9 Å². The first-order valence-corrected chi connectivity index (χ1v) is 6.90. The van der Waals surface area contributed by atoms with Gasteiger partial charge in [-0.05, 0) is 36.1 Å². The lowest BCUT2D eigenvalue weighted by Crippen LogP contribution is -2.24. The summed E-state index contributed by atoms with van der Waals surface area (Å²) in [6.45, 7) is 1.02. The Morgan fingerprint density at radius 3 is 2.95 bits per heavy atom. The third-order valence-corrected chi connectivity index (χ3v) is 3.94. The summed E-state index contributed by atoms with van der Waals surface area (Å²) in [4.78, 5) is 13.3. The molecule has 0 aliphatic carbocycles. The highest BCUT2D eigenvalue weighted by molar-refractivity contribution is 5.89. The first-order valence-electron chi connectivity index (χ1n) is 6.90. The second kappa shape index (κ2) is 5.26. The Bertz CT molecular complexity index is 677. The number of nitrogens with zero attached hydrogens (tertiary/aromatic N) is 1. The summed E-state index contributed by atoms with van der Waals surface area (Å²) in [5.41, 5.74) is 2.98. The molecule has 21 heavy (non-hydrogen) atoms. The minimum absolute atomic E-state index is 0.00246. The van der Waals surface area contributed by atoms with Crippen LogP contribution in [-0.2, 0) is 6.42 Å². The van der Waals surface area contributed by atoms with Gasteiger partial charge in [0.2, 0.25) is 0 Å². The first-order chi connectivity index (χ1) is 10.1. The first kappa shape index (κ1) is 13.7. The highest BCUT2D eigenvalue weighted by atomic mass is 16.4. The van der Waals surface area contributed by atoms with Crippen LogP contribution in [-0.4, -0.2) is 29.8 Å². The minimum Gasteiger partial charge on any atom is -0.478 e. The van der Waals surface area contributed by atoms with Gasteiger partial charge in [0, 0.05) is 19.3 Å². The SMILES string of the molecule is CN1CCCc2cc(C(O)c3occc3C(=O)O)ccc21. The van der Waals surface area contributed by atoms with Crippen molar-refractivity contribution >= 4 is 11.7 Å². The summed E-state index contributed by atoms with van der Waals surface area (Å²) in [6.07, 6.45) is 2.26. The van der Waals surface area contributed by atoms with Crippen molar-refractivity contribution in [1.82, 2.24) is 0 Å². The van der Waals surface area contributed by atoms with E-state index in [0.717, 1.165) is 25.1 Å². The van der Waals surface area contributed by atoms with E-state index >= 15 is 0 Å². The van der Waals surface area contributed by atoms with Gasteiger partial charge in [-0.1, -0.05) is 12.1 Å².